The Morgan fingerprint density at radius 1 is 1.15 bits per heavy atom. The van der Waals surface area contributed by atoms with Crippen LogP contribution in [0.2, 0.25) is 0 Å². The molecule has 0 amide bonds. The third-order valence-electron chi connectivity index (χ3n) is 5.52. The van der Waals surface area contributed by atoms with E-state index < -0.39 is 12.0 Å². The molecule has 0 fully saturated rings. The number of para-hydroxylation sites is 1. The van der Waals surface area contributed by atoms with E-state index in [1.54, 1.807) is 24.7 Å². The number of hydrogen-bond acceptors (Lipinski definition) is 7. The number of fused-ring (bicyclic) bond motifs is 1. The molecule has 7 nitrogen and oxygen atoms in total. The highest BCUT2D eigenvalue weighted by molar-refractivity contribution is 7.07. The van der Waals surface area contributed by atoms with Gasteiger partial charge in [0.2, 0.25) is 0 Å². The number of aromatic nitrogens is 1. The van der Waals surface area contributed by atoms with E-state index in [1.807, 2.05) is 55.5 Å². The van der Waals surface area contributed by atoms with Crippen molar-refractivity contribution in [2.45, 2.75) is 26.3 Å². The van der Waals surface area contributed by atoms with Crippen molar-refractivity contribution in [3.8, 4) is 11.5 Å². The largest absolute Gasteiger partial charge is 0.496 e. The normalized spacial score (nSPS) is 15.5. The van der Waals surface area contributed by atoms with E-state index in [4.69, 9.17) is 14.2 Å². The maximum absolute atomic E-state index is 13.6. The number of benzene rings is 2. The quantitative estimate of drug-likeness (QED) is 0.488. The van der Waals surface area contributed by atoms with Crippen LogP contribution in [0.3, 0.4) is 0 Å². The van der Waals surface area contributed by atoms with Crippen LogP contribution in [0.5, 0.6) is 11.5 Å². The zero-order valence-corrected chi connectivity index (χ0v) is 20.3. The number of thiazole rings is 1. The van der Waals surface area contributed by atoms with Crippen LogP contribution in [-0.2, 0) is 9.53 Å². The van der Waals surface area contributed by atoms with Gasteiger partial charge in [0.05, 0.1) is 42.7 Å². The number of esters is 1. The van der Waals surface area contributed by atoms with Gasteiger partial charge in [0.25, 0.3) is 5.56 Å². The van der Waals surface area contributed by atoms with Gasteiger partial charge in [-0.2, -0.15) is 0 Å². The van der Waals surface area contributed by atoms with Crippen LogP contribution < -0.4 is 24.4 Å². The van der Waals surface area contributed by atoms with Gasteiger partial charge < -0.3 is 14.2 Å². The molecule has 0 radical (unpaired) electrons. The summed E-state index contributed by atoms with van der Waals surface area (Å²) in [5, 5.41) is 0. The minimum absolute atomic E-state index is 0.236. The second-order valence-corrected chi connectivity index (χ2v) is 8.74. The summed E-state index contributed by atoms with van der Waals surface area (Å²) in [7, 11) is 2.92. The van der Waals surface area contributed by atoms with Crippen LogP contribution in [0.15, 0.2) is 69.6 Å². The third-order valence-corrected chi connectivity index (χ3v) is 6.50. The molecule has 3 aromatic rings. The number of rotatable bonds is 7. The van der Waals surface area contributed by atoms with Crippen LogP contribution in [0.4, 0.5) is 0 Å². The predicted molar refractivity (Wildman–Crippen MR) is 131 cm³/mol. The van der Waals surface area contributed by atoms with E-state index in [-0.39, 0.29) is 5.56 Å². The zero-order chi connectivity index (χ0) is 24.2. The maximum Gasteiger partial charge on any atom is 0.338 e. The summed E-state index contributed by atoms with van der Waals surface area (Å²) in [5.41, 5.74) is 2.17. The van der Waals surface area contributed by atoms with E-state index in [2.05, 4.69) is 4.99 Å². The van der Waals surface area contributed by atoms with E-state index in [0.717, 1.165) is 23.3 Å². The number of hydrogen-bond donors (Lipinski definition) is 0. The summed E-state index contributed by atoms with van der Waals surface area (Å²) in [5.74, 6) is 0.880. The van der Waals surface area contributed by atoms with E-state index in [9.17, 15) is 9.59 Å². The van der Waals surface area contributed by atoms with E-state index in [1.165, 1.54) is 18.4 Å². The highest BCUT2D eigenvalue weighted by atomic mass is 32.1. The Morgan fingerprint density at radius 3 is 2.56 bits per heavy atom. The molecule has 0 spiro atoms. The van der Waals surface area contributed by atoms with Crippen LogP contribution in [0.25, 0.3) is 6.08 Å². The molecule has 2 aromatic carbocycles. The number of carbonyl (C=O) groups excluding carboxylic acids is 1. The first kappa shape index (κ1) is 23.5. The fraction of sp³-hybridized carbons (Fsp3) is 0.269. The number of nitrogens with zero attached hydrogens (tertiary/aromatic N) is 2. The molecule has 1 aromatic heterocycles. The molecule has 1 aliphatic heterocycles. The molecule has 2 heterocycles. The third kappa shape index (κ3) is 4.41. The Morgan fingerprint density at radius 2 is 1.88 bits per heavy atom. The number of carbonyl (C=O) groups is 1. The second-order valence-electron chi connectivity index (χ2n) is 7.73. The van der Waals surface area contributed by atoms with Crippen LogP contribution in [0, 0.1) is 0 Å². The molecule has 4 rings (SSSR count). The molecule has 1 atom stereocenters. The lowest BCUT2D eigenvalue weighted by atomic mass is 9.96. The molecule has 8 heteroatoms. The van der Waals surface area contributed by atoms with Gasteiger partial charge in [0.1, 0.15) is 11.5 Å². The Hall–Kier alpha value is -3.65. The second kappa shape index (κ2) is 10.1. The van der Waals surface area contributed by atoms with Crippen LogP contribution in [-0.4, -0.2) is 31.4 Å². The highest BCUT2D eigenvalue weighted by Gasteiger charge is 2.33. The average Bonchev–Trinajstić information content (AvgIpc) is 3.16. The minimum Gasteiger partial charge on any atom is -0.496 e. The maximum atomic E-state index is 13.6. The molecule has 176 valence electrons. The SMILES string of the molecule is CCCOc1ccc([C@@H]2C(C(=O)OC)=C(C)N=c3s/c(=C\c4ccccc4OC)c(=O)n32)cc1. The van der Waals surface area contributed by atoms with Crippen molar-refractivity contribution in [2.24, 2.45) is 4.99 Å². The van der Waals surface area contributed by atoms with Gasteiger partial charge in [-0.25, -0.2) is 9.79 Å². The Bertz CT molecular complexity index is 1420. The van der Waals surface area contributed by atoms with Gasteiger partial charge >= 0.3 is 5.97 Å². The fourth-order valence-electron chi connectivity index (χ4n) is 3.90. The molecule has 0 bridgehead atoms. The van der Waals surface area contributed by atoms with Gasteiger partial charge in [-0.3, -0.25) is 9.36 Å². The Kier molecular flexibility index (Phi) is 6.98. The van der Waals surface area contributed by atoms with Gasteiger partial charge in [-0.1, -0.05) is 48.6 Å². The average molecular weight is 479 g/mol. The van der Waals surface area contributed by atoms with Gasteiger partial charge in [-0.05, 0) is 43.2 Å². The van der Waals surface area contributed by atoms with Crippen molar-refractivity contribution in [2.75, 3.05) is 20.8 Å². The highest BCUT2D eigenvalue weighted by Crippen LogP contribution is 2.31. The molecule has 0 N–H and O–H groups in total. The number of allylic oxidation sites excluding steroid dienone is 1. The zero-order valence-electron chi connectivity index (χ0n) is 19.5. The van der Waals surface area contributed by atoms with Crippen LogP contribution in [0.1, 0.15) is 37.4 Å². The lowest BCUT2D eigenvalue weighted by molar-refractivity contribution is -0.136. The summed E-state index contributed by atoms with van der Waals surface area (Å²) in [6.07, 6.45) is 2.69. The monoisotopic (exact) mass is 478 g/mol. The summed E-state index contributed by atoms with van der Waals surface area (Å²) in [6, 6.07) is 14.3. The first-order chi connectivity index (χ1) is 16.5. The Balaban J connectivity index is 1.90. The molecule has 1 aliphatic rings. The van der Waals surface area contributed by atoms with Crippen molar-refractivity contribution in [1.82, 2.24) is 4.57 Å². The van der Waals surface area contributed by atoms with Crippen molar-refractivity contribution in [1.29, 1.82) is 0 Å². The molecule has 0 saturated heterocycles. The lowest BCUT2D eigenvalue weighted by Gasteiger charge is -2.24. The van der Waals surface area contributed by atoms with Gasteiger partial charge in [0, 0.05) is 5.56 Å². The van der Waals surface area contributed by atoms with Crippen molar-refractivity contribution < 1.29 is 19.0 Å². The Labute approximate surface area is 201 Å². The van der Waals surface area contributed by atoms with Gasteiger partial charge in [-0.15, -0.1) is 0 Å². The van der Waals surface area contributed by atoms with E-state index >= 15 is 0 Å². The molecular formula is C26H26N2O5S. The van der Waals surface area contributed by atoms with Crippen molar-refractivity contribution >= 4 is 23.4 Å². The first-order valence-electron chi connectivity index (χ1n) is 10.9. The number of ether oxygens (including phenoxy) is 3. The summed E-state index contributed by atoms with van der Waals surface area (Å²) in [4.78, 5) is 31.5. The van der Waals surface area contributed by atoms with Crippen LogP contribution >= 0.6 is 11.3 Å². The molecule has 0 saturated carbocycles. The minimum atomic E-state index is -0.663. The first-order valence-corrected chi connectivity index (χ1v) is 11.8. The molecule has 0 aliphatic carbocycles. The number of methoxy groups -OCH3 is 2. The summed E-state index contributed by atoms with van der Waals surface area (Å²) in [6.45, 7) is 4.42. The standard InChI is InChI=1S/C26H26N2O5S/c1-5-14-33-19-12-10-17(11-13-19)23-22(25(30)32-4)16(2)27-26-28(23)24(29)21(34-26)15-18-8-6-7-9-20(18)31-3/h6-13,15,23H,5,14H2,1-4H3/b21-15-/t23-/m1/s1. The summed E-state index contributed by atoms with van der Waals surface area (Å²) >= 11 is 1.28. The van der Waals surface area contributed by atoms with Crippen molar-refractivity contribution in [3.63, 3.8) is 0 Å². The summed E-state index contributed by atoms with van der Waals surface area (Å²) < 4.78 is 18.2. The molecular weight excluding hydrogens is 452 g/mol. The topological polar surface area (TPSA) is 79.1 Å². The fourth-order valence-corrected chi connectivity index (χ4v) is 4.94. The lowest BCUT2D eigenvalue weighted by Crippen LogP contribution is -2.39. The van der Waals surface area contributed by atoms with Crippen molar-refractivity contribution in [3.05, 3.63) is 90.6 Å². The predicted octanol–water partition coefficient (Wildman–Crippen LogP) is 3.21. The molecule has 0 unspecified atom stereocenters. The molecule has 34 heavy (non-hydrogen) atoms. The van der Waals surface area contributed by atoms with E-state index in [0.29, 0.717) is 33.0 Å². The van der Waals surface area contributed by atoms with Gasteiger partial charge in [0.15, 0.2) is 4.80 Å². The smallest absolute Gasteiger partial charge is 0.338 e.